The number of nitrogens with zero attached hydrogens (tertiary/aromatic N) is 6. The standard InChI is InChI=1S/C5H2N8O6/c14-11(15)3-1(4(9-8-3)12(16)17)2-6-5(10-7-2)13(18)19/h(H,8,9)(H,6,7,10). The van der Waals surface area contributed by atoms with Gasteiger partial charge in [0, 0.05) is 0 Å². The molecular weight excluding hydrogens is 268 g/mol. The Hall–Kier alpha value is -3.45. The monoisotopic (exact) mass is 270 g/mol. The minimum Gasteiger partial charge on any atom is -0.390 e. The van der Waals surface area contributed by atoms with Gasteiger partial charge in [0.2, 0.25) is 5.56 Å². The smallest absolute Gasteiger partial charge is 0.390 e. The van der Waals surface area contributed by atoms with Gasteiger partial charge in [-0.1, -0.05) is 5.10 Å². The minimum atomic E-state index is -0.999. The van der Waals surface area contributed by atoms with E-state index >= 15 is 0 Å². The van der Waals surface area contributed by atoms with Crippen LogP contribution in [0.25, 0.3) is 11.4 Å². The van der Waals surface area contributed by atoms with Crippen molar-refractivity contribution in [2.45, 2.75) is 0 Å². The van der Waals surface area contributed by atoms with Gasteiger partial charge in [0.25, 0.3) is 5.82 Å². The molecule has 19 heavy (non-hydrogen) atoms. The summed E-state index contributed by atoms with van der Waals surface area (Å²) in [7, 11) is 0. The average molecular weight is 270 g/mol. The number of hydrogen-bond donors (Lipinski definition) is 2. The molecular formula is C5H2N8O6. The molecule has 0 unspecified atom stereocenters. The normalized spacial score (nSPS) is 10.3. The van der Waals surface area contributed by atoms with Crippen LogP contribution in [0.4, 0.5) is 17.6 Å². The molecule has 0 bridgehead atoms. The molecule has 0 aliphatic heterocycles. The summed E-state index contributed by atoms with van der Waals surface area (Å²) in [6, 6.07) is 0. The van der Waals surface area contributed by atoms with Crippen molar-refractivity contribution in [2.24, 2.45) is 0 Å². The van der Waals surface area contributed by atoms with Crippen LogP contribution in [0.5, 0.6) is 0 Å². The molecule has 0 spiro atoms. The fourth-order valence-electron chi connectivity index (χ4n) is 1.24. The van der Waals surface area contributed by atoms with Crippen molar-refractivity contribution < 1.29 is 14.8 Å². The van der Waals surface area contributed by atoms with Crippen LogP contribution in [0.3, 0.4) is 0 Å². The Balaban J connectivity index is 2.64. The Morgan fingerprint density at radius 1 is 0.895 bits per heavy atom. The molecule has 2 aromatic heterocycles. The van der Waals surface area contributed by atoms with Crippen molar-refractivity contribution in [2.75, 3.05) is 0 Å². The SMILES string of the molecule is O=[N+]([O-])c1nc(-c2c([N+](=O)[O-])n[nH]c2[N+](=O)[O-])n[nH]1. The number of hydrogen-bond acceptors (Lipinski definition) is 9. The first-order valence-corrected chi connectivity index (χ1v) is 4.36. The van der Waals surface area contributed by atoms with Gasteiger partial charge >= 0.3 is 17.6 Å². The quantitative estimate of drug-likeness (QED) is 0.562. The van der Waals surface area contributed by atoms with Crippen LogP contribution in [-0.2, 0) is 0 Å². The van der Waals surface area contributed by atoms with Crippen LogP contribution in [0, 0.1) is 30.3 Å². The molecule has 0 aliphatic rings. The van der Waals surface area contributed by atoms with E-state index in [2.05, 4.69) is 15.2 Å². The summed E-state index contributed by atoms with van der Waals surface area (Å²) in [5.41, 5.74) is -0.639. The van der Waals surface area contributed by atoms with Crippen LogP contribution in [0.2, 0.25) is 0 Å². The van der Waals surface area contributed by atoms with Crippen molar-refractivity contribution in [1.82, 2.24) is 25.4 Å². The lowest BCUT2D eigenvalue weighted by Gasteiger charge is -1.90. The van der Waals surface area contributed by atoms with Crippen molar-refractivity contribution in [3.05, 3.63) is 30.3 Å². The lowest BCUT2D eigenvalue weighted by molar-refractivity contribution is -0.394. The Morgan fingerprint density at radius 2 is 1.58 bits per heavy atom. The second-order valence-corrected chi connectivity index (χ2v) is 3.02. The highest BCUT2D eigenvalue weighted by Crippen LogP contribution is 2.33. The molecule has 0 radical (unpaired) electrons. The van der Waals surface area contributed by atoms with Crippen molar-refractivity contribution in [3.8, 4) is 11.4 Å². The molecule has 0 aliphatic carbocycles. The molecule has 2 aromatic rings. The van der Waals surface area contributed by atoms with E-state index in [4.69, 9.17) is 0 Å². The second-order valence-electron chi connectivity index (χ2n) is 3.02. The molecule has 2 rings (SSSR count). The maximum atomic E-state index is 10.7. The van der Waals surface area contributed by atoms with E-state index in [1.165, 1.54) is 0 Å². The first-order chi connectivity index (χ1) is 8.91. The summed E-state index contributed by atoms with van der Waals surface area (Å²) < 4.78 is 0. The Kier molecular flexibility index (Phi) is 2.59. The van der Waals surface area contributed by atoms with Gasteiger partial charge in [-0.05, 0) is 24.9 Å². The highest BCUT2D eigenvalue weighted by Gasteiger charge is 2.38. The van der Waals surface area contributed by atoms with E-state index < -0.39 is 43.7 Å². The number of aromatic nitrogens is 5. The molecule has 98 valence electrons. The zero-order valence-corrected chi connectivity index (χ0v) is 8.63. The predicted molar refractivity (Wildman–Crippen MR) is 53.9 cm³/mol. The van der Waals surface area contributed by atoms with E-state index in [-0.39, 0.29) is 0 Å². The lowest BCUT2D eigenvalue weighted by Crippen LogP contribution is -1.95. The molecule has 0 atom stereocenters. The van der Waals surface area contributed by atoms with E-state index in [9.17, 15) is 30.3 Å². The van der Waals surface area contributed by atoms with Crippen LogP contribution in [0.15, 0.2) is 0 Å². The summed E-state index contributed by atoms with van der Waals surface area (Å²) in [6.07, 6.45) is 0. The summed E-state index contributed by atoms with van der Waals surface area (Å²) in [4.78, 5) is 32.2. The number of nitrogens with one attached hydrogen (secondary N) is 2. The fraction of sp³-hybridized carbons (Fsp3) is 0. The Labute approximate surface area is 100 Å². The van der Waals surface area contributed by atoms with Crippen molar-refractivity contribution in [1.29, 1.82) is 0 Å². The van der Waals surface area contributed by atoms with Crippen LogP contribution in [0.1, 0.15) is 0 Å². The first-order valence-electron chi connectivity index (χ1n) is 4.36. The van der Waals surface area contributed by atoms with E-state index in [0.29, 0.717) is 0 Å². The molecule has 0 saturated heterocycles. The Bertz CT molecular complexity index is 654. The zero-order chi connectivity index (χ0) is 14.2. The van der Waals surface area contributed by atoms with E-state index in [1.54, 1.807) is 0 Å². The van der Waals surface area contributed by atoms with E-state index in [0.717, 1.165) is 0 Å². The maximum Gasteiger partial charge on any atom is 0.453 e. The van der Waals surface area contributed by atoms with Crippen molar-refractivity contribution in [3.63, 3.8) is 0 Å². The van der Waals surface area contributed by atoms with Gasteiger partial charge in [-0.2, -0.15) is 0 Å². The molecule has 0 fully saturated rings. The fourth-order valence-corrected chi connectivity index (χ4v) is 1.24. The highest BCUT2D eigenvalue weighted by atomic mass is 16.6. The molecule has 0 saturated carbocycles. The third kappa shape index (κ3) is 1.92. The second kappa shape index (κ2) is 4.09. The van der Waals surface area contributed by atoms with Crippen LogP contribution < -0.4 is 0 Å². The van der Waals surface area contributed by atoms with Gasteiger partial charge in [-0.3, -0.25) is 0 Å². The van der Waals surface area contributed by atoms with Gasteiger partial charge in [0.15, 0.2) is 0 Å². The number of H-pyrrole nitrogens is 2. The van der Waals surface area contributed by atoms with Crippen LogP contribution in [-0.4, -0.2) is 40.1 Å². The topological polar surface area (TPSA) is 200 Å². The molecule has 14 heteroatoms. The summed E-state index contributed by atoms with van der Waals surface area (Å²) in [6.45, 7) is 0. The van der Waals surface area contributed by atoms with E-state index in [1.807, 2.05) is 10.2 Å². The highest BCUT2D eigenvalue weighted by molar-refractivity contribution is 5.73. The number of rotatable bonds is 4. The van der Waals surface area contributed by atoms with Crippen LogP contribution >= 0.6 is 0 Å². The predicted octanol–water partition coefficient (Wildman–Crippen LogP) is -0.0806. The Morgan fingerprint density at radius 3 is 2.05 bits per heavy atom. The minimum absolute atomic E-state index is 0.571. The number of nitro groups is 3. The molecule has 0 amide bonds. The zero-order valence-electron chi connectivity index (χ0n) is 8.63. The molecule has 14 nitrogen and oxygen atoms in total. The molecule has 2 heterocycles. The third-order valence-corrected chi connectivity index (χ3v) is 1.95. The summed E-state index contributed by atoms with van der Waals surface area (Å²) in [5.74, 6) is -3.11. The van der Waals surface area contributed by atoms with Crippen molar-refractivity contribution >= 4 is 17.6 Å². The third-order valence-electron chi connectivity index (χ3n) is 1.95. The van der Waals surface area contributed by atoms with Gasteiger partial charge in [0.1, 0.15) is 5.10 Å². The largest absolute Gasteiger partial charge is 0.453 e. The van der Waals surface area contributed by atoms with Gasteiger partial charge in [-0.15, -0.1) is 5.10 Å². The first kappa shape index (κ1) is 12.0. The molecule has 2 N–H and O–H groups in total. The average Bonchev–Trinajstić information content (AvgIpc) is 2.95. The molecule has 0 aromatic carbocycles. The van der Waals surface area contributed by atoms with Gasteiger partial charge in [-0.25, -0.2) is 0 Å². The van der Waals surface area contributed by atoms with Gasteiger partial charge < -0.3 is 30.3 Å². The maximum absolute atomic E-state index is 10.7. The lowest BCUT2D eigenvalue weighted by atomic mass is 10.3. The summed E-state index contributed by atoms with van der Waals surface area (Å²) in [5, 5.41) is 41.9. The summed E-state index contributed by atoms with van der Waals surface area (Å²) >= 11 is 0. The number of aromatic amines is 2. The van der Waals surface area contributed by atoms with Gasteiger partial charge in [0.05, 0.1) is 0 Å².